The summed E-state index contributed by atoms with van der Waals surface area (Å²) >= 11 is 13.3. The number of anilines is 1. The van der Waals surface area contributed by atoms with Gasteiger partial charge in [-0.3, -0.25) is 9.59 Å². The number of unbranched alkanes of at least 4 members (excludes halogenated alkanes) is 9. The van der Waals surface area contributed by atoms with E-state index in [1.807, 2.05) is 6.07 Å². The van der Waals surface area contributed by atoms with Crippen LogP contribution in [0.15, 0.2) is 30.3 Å². The summed E-state index contributed by atoms with van der Waals surface area (Å²) in [7, 11) is 0. The molecule has 1 amide bonds. The summed E-state index contributed by atoms with van der Waals surface area (Å²) in [6.07, 6.45) is 13.8. The summed E-state index contributed by atoms with van der Waals surface area (Å²) in [6, 6.07) is 8.88. The van der Waals surface area contributed by atoms with E-state index in [9.17, 15) is 9.59 Å². The topological polar surface area (TPSA) is 46.2 Å². The molecule has 0 aliphatic carbocycles. The summed E-state index contributed by atoms with van der Waals surface area (Å²) in [4.78, 5) is 26.0. The minimum absolute atomic E-state index is 0.147. The van der Waals surface area contributed by atoms with Gasteiger partial charge in [0.05, 0.1) is 10.6 Å². The first-order valence-corrected chi connectivity index (χ1v) is 13.1. The molecule has 170 valence electrons. The highest BCUT2D eigenvalue weighted by molar-refractivity contribution is 7.16. The van der Waals surface area contributed by atoms with Gasteiger partial charge in [-0.1, -0.05) is 88.4 Å². The maximum absolute atomic E-state index is 13.1. The van der Waals surface area contributed by atoms with Gasteiger partial charge in [-0.15, -0.1) is 22.9 Å². The third-order valence-electron chi connectivity index (χ3n) is 5.30. The molecule has 2 aromatic rings. The van der Waals surface area contributed by atoms with Crippen molar-refractivity contribution < 1.29 is 9.59 Å². The van der Waals surface area contributed by atoms with Crippen LogP contribution in [0.5, 0.6) is 0 Å². The standard InChI is InChI=1S/C25H33Cl2NO2S/c1-2-3-4-5-6-7-8-9-10-11-14-19-17-21(25(31-19)28-23(29)18-26)24(30)20-15-12-13-16-22(20)27/h12-13,15-17H,2-11,14,18H2,1H3,(H,28,29). The van der Waals surface area contributed by atoms with Crippen molar-refractivity contribution in [1.29, 1.82) is 0 Å². The van der Waals surface area contributed by atoms with Crippen LogP contribution >= 0.6 is 34.5 Å². The molecule has 0 atom stereocenters. The third kappa shape index (κ3) is 8.96. The zero-order valence-electron chi connectivity index (χ0n) is 18.4. The van der Waals surface area contributed by atoms with Crippen molar-refractivity contribution in [3.63, 3.8) is 0 Å². The highest BCUT2D eigenvalue weighted by atomic mass is 35.5. The quantitative estimate of drug-likeness (QED) is 0.158. The van der Waals surface area contributed by atoms with Gasteiger partial charge in [-0.05, 0) is 31.0 Å². The average Bonchev–Trinajstić information content (AvgIpc) is 3.17. The number of amides is 1. The lowest BCUT2D eigenvalue weighted by Crippen LogP contribution is -2.14. The highest BCUT2D eigenvalue weighted by Gasteiger charge is 2.20. The first-order chi connectivity index (χ1) is 15.1. The van der Waals surface area contributed by atoms with E-state index in [1.54, 1.807) is 24.3 Å². The van der Waals surface area contributed by atoms with Crippen LogP contribution in [0, 0.1) is 0 Å². The molecule has 1 aromatic carbocycles. The van der Waals surface area contributed by atoms with E-state index < -0.39 is 0 Å². The van der Waals surface area contributed by atoms with Crippen LogP contribution in [-0.2, 0) is 11.2 Å². The monoisotopic (exact) mass is 481 g/mol. The van der Waals surface area contributed by atoms with Crippen molar-refractivity contribution in [3.05, 3.63) is 51.4 Å². The largest absolute Gasteiger partial charge is 0.316 e. The molecule has 31 heavy (non-hydrogen) atoms. The Morgan fingerprint density at radius 3 is 2.13 bits per heavy atom. The fourth-order valence-electron chi connectivity index (χ4n) is 3.56. The third-order valence-corrected chi connectivity index (χ3v) is 6.98. The second-order valence-corrected chi connectivity index (χ2v) is 9.69. The SMILES string of the molecule is CCCCCCCCCCCCc1cc(C(=O)c2ccccc2Cl)c(NC(=O)CCl)s1. The molecule has 0 spiro atoms. The Balaban J connectivity index is 1.89. The van der Waals surface area contributed by atoms with Crippen molar-refractivity contribution >= 4 is 51.2 Å². The van der Waals surface area contributed by atoms with Crippen LogP contribution in [0.1, 0.15) is 91.9 Å². The lowest BCUT2D eigenvalue weighted by molar-refractivity contribution is -0.113. The number of carbonyl (C=O) groups is 2. The second kappa shape index (κ2) is 14.7. The molecule has 1 N–H and O–H groups in total. The summed E-state index contributed by atoms with van der Waals surface area (Å²) < 4.78 is 0. The summed E-state index contributed by atoms with van der Waals surface area (Å²) in [5.41, 5.74) is 0.924. The van der Waals surface area contributed by atoms with Gasteiger partial charge in [0.1, 0.15) is 10.9 Å². The molecule has 0 unspecified atom stereocenters. The molecule has 0 aliphatic rings. The van der Waals surface area contributed by atoms with Crippen molar-refractivity contribution in [2.45, 2.75) is 77.6 Å². The fraction of sp³-hybridized carbons (Fsp3) is 0.520. The Hall–Kier alpha value is -1.36. The zero-order chi connectivity index (χ0) is 22.5. The van der Waals surface area contributed by atoms with Gasteiger partial charge >= 0.3 is 0 Å². The number of ketones is 1. The smallest absolute Gasteiger partial charge is 0.239 e. The Morgan fingerprint density at radius 1 is 0.903 bits per heavy atom. The number of carbonyl (C=O) groups excluding carboxylic acids is 2. The number of hydrogen-bond acceptors (Lipinski definition) is 3. The lowest BCUT2D eigenvalue weighted by Gasteiger charge is -2.05. The van der Waals surface area contributed by atoms with E-state index in [0.29, 0.717) is 21.2 Å². The molecule has 0 aliphatic heterocycles. The molecule has 0 saturated heterocycles. The number of nitrogens with one attached hydrogen (secondary N) is 1. The Bertz CT molecular complexity index is 835. The normalized spacial score (nSPS) is 10.9. The predicted octanol–water partition coefficient (Wildman–Crippen LogP) is 8.27. The minimum Gasteiger partial charge on any atom is -0.316 e. The highest BCUT2D eigenvalue weighted by Crippen LogP contribution is 2.33. The molecule has 0 radical (unpaired) electrons. The van der Waals surface area contributed by atoms with Crippen LogP contribution in [0.2, 0.25) is 5.02 Å². The van der Waals surface area contributed by atoms with Crippen LogP contribution in [0.3, 0.4) is 0 Å². The van der Waals surface area contributed by atoms with Crippen LogP contribution in [0.25, 0.3) is 0 Å². The molecule has 6 heteroatoms. The average molecular weight is 483 g/mol. The van der Waals surface area contributed by atoms with Crippen LogP contribution in [-0.4, -0.2) is 17.6 Å². The second-order valence-electron chi connectivity index (χ2n) is 7.88. The molecule has 0 bridgehead atoms. The van der Waals surface area contributed by atoms with E-state index in [-0.39, 0.29) is 17.6 Å². The van der Waals surface area contributed by atoms with Crippen LogP contribution < -0.4 is 5.32 Å². The van der Waals surface area contributed by atoms with E-state index in [2.05, 4.69) is 12.2 Å². The zero-order valence-corrected chi connectivity index (χ0v) is 20.7. The van der Waals surface area contributed by atoms with Crippen molar-refractivity contribution in [2.24, 2.45) is 0 Å². The number of halogens is 2. The van der Waals surface area contributed by atoms with E-state index in [0.717, 1.165) is 17.7 Å². The van der Waals surface area contributed by atoms with Gasteiger partial charge in [-0.25, -0.2) is 0 Å². The van der Waals surface area contributed by atoms with Crippen molar-refractivity contribution in [3.8, 4) is 0 Å². The molecule has 2 rings (SSSR count). The number of aryl methyl sites for hydroxylation is 1. The number of benzene rings is 1. The van der Waals surface area contributed by atoms with Crippen molar-refractivity contribution in [1.82, 2.24) is 0 Å². The predicted molar refractivity (Wildman–Crippen MR) is 134 cm³/mol. The molecule has 0 saturated carbocycles. The molecular weight excluding hydrogens is 449 g/mol. The Labute approximate surface area is 200 Å². The number of rotatable bonds is 15. The van der Waals surface area contributed by atoms with E-state index in [4.69, 9.17) is 23.2 Å². The number of thiophene rings is 1. The van der Waals surface area contributed by atoms with E-state index in [1.165, 1.54) is 69.1 Å². The number of hydrogen-bond donors (Lipinski definition) is 1. The first-order valence-electron chi connectivity index (χ1n) is 11.3. The van der Waals surface area contributed by atoms with Gasteiger partial charge in [0.15, 0.2) is 5.78 Å². The van der Waals surface area contributed by atoms with E-state index >= 15 is 0 Å². The van der Waals surface area contributed by atoms with Gasteiger partial charge in [0.2, 0.25) is 5.91 Å². The van der Waals surface area contributed by atoms with Gasteiger partial charge < -0.3 is 5.32 Å². The lowest BCUT2D eigenvalue weighted by atomic mass is 10.0. The fourth-order valence-corrected chi connectivity index (χ4v) is 4.96. The molecular formula is C25H33Cl2NO2S. The number of alkyl halides is 1. The molecule has 3 nitrogen and oxygen atoms in total. The van der Waals surface area contributed by atoms with Gasteiger partial charge in [0, 0.05) is 10.4 Å². The Kier molecular flexibility index (Phi) is 12.2. The summed E-state index contributed by atoms with van der Waals surface area (Å²) in [5.74, 6) is -0.644. The molecule has 1 aromatic heterocycles. The summed E-state index contributed by atoms with van der Waals surface area (Å²) in [6.45, 7) is 2.25. The molecule has 0 fully saturated rings. The van der Waals surface area contributed by atoms with Gasteiger partial charge in [0.25, 0.3) is 0 Å². The summed E-state index contributed by atoms with van der Waals surface area (Å²) in [5, 5.41) is 3.73. The van der Waals surface area contributed by atoms with Crippen LogP contribution in [0.4, 0.5) is 5.00 Å². The van der Waals surface area contributed by atoms with Crippen molar-refractivity contribution in [2.75, 3.05) is 11.2 Å². The Morgan fingerprint density at radius 2 is 1.52 bits per heavy atom. The van der Waals surface area contributed by atoms with Gasteiger partial charge in [-0.2, -0.15) is 0 Å². The molecule has 1 heterocycles. The minimum atomic E-state index is -0.317. The first kappa shape index (κ1) is 25.9. The maximum atomic E-state index is 13.1. The maximum Gasteiger partial charge on any atom is 0.239 e.